The van der Waals surface area contributed by atoms with Crippen molar-refractivity contribution < 1.29 is 4.79 Å². The van der Waals surface area contributed by atoms with Crippen LogP contribution in [0.2, 0.25) is 0 Å². The van der Waals surface area contributed by atoms with E-state index in [9.17, 15) is 4.79 Å². The number of nitrogens with zero attached hydrogens (tertiary/aromatic N) is 3. The van der Waals surface area contributed by atoms with Crippen molar-refractivity contribution in [1.82, 2.24) is 9.97 Å². The molecule has 2 aromatic rings. The zero-order valence-electron chi connectivity index (χ0n) is 16.0. The summed E-state index contributed by atoms with van der Waals surface area (Å²) in [6, 6.07) is 7.90. The van der Waals surface area contributed by atoms with Crippen molar-refractivity contribution >= 4 is 17.4 Å². The maximum absolute atomic E-state index is 12.6. The maximum atomic E-state index is 12.6. The molecule has 2 heterocycles. The van der Waals surface area contributed by atoms with Gasteiger partial charge in [0.15, 0.2) is 0 Å². The Morgan fingerprint density at radius 1 is 1.00 bits per heavy atom. The molecule has 5 heteroatoms. The van der Waals surface area contributed by atoms with Gasteiger partial charge in [0.2, 0.25) is 0 Å². The van der Waals surface area contributed by atoms with Crippen molar-refractivity contribution in [3.8, 4) is 0 Å². The minimum Gasteiger partial charge on any atom is -0.355 e. The fraction of sp³-hybridized carbons (Fsp3) is 0.476. The third kappa shape index (κ3) is 4.40. The van der Waals surface area contributed by atoms with Crippen LogP contribution in [0.1, 0.15) is 62.5 Å². The number of amides is 1. The molecule has 0 radical (unpaired) electrons. The number of nitrogens with one attached hydrogen (secondary N) is 1. The van der Waals surface area contributed by atoms with Gasteiger partial charge in [0.05, 0.1) is 12.4 Å². The van der Waals surface area contributed by atoms with E-state index in [-0.39, 0.29) is 11.3 Å². The van der Waals surface area contributed by atoms with Crippen molar-refractivity contribution in [1.29, 1.82) is 0 Å². The van der Waals surface area contributed by atoms with Crippen molar-refractivity contribution in [2.24, 2.45) is 0 Å². The molecule has 0 unspecified atom stereocenters. The minimum absolute atomic E-state index is 0.0494. The number of aromatic nitrogens is 2. The topological polar surface area (TPSA) is 58.1 Å². The van der Waals surface area contributed by atoms with Crippen molar-refractivity contribution in [2.45, 2.75) is 51.9 Å². The van der Waals surface area contributed by atoms with E-state index in [1.165, 1.54) is 25.7 Å². The standard InChI is InChI=1S/C21H28N4O/c1-21(2,3)16-10-6-7-11-17(16)24-20(26)18-14-23-19(15-22-18)25-12-8-4-5-9-13-25/h6-7,10-11,14-15H,4-5,8-9,12-13H2,1-3H3,(H,24,26). The van der Waals surface area contributed by atoms with Crippen molar-refractivity contribution in [2.75, 3.05) is 23.3 Å². The monoisotopic (exact) mass is 352 g/mol. The second-order valence-electron chi connectivity index (χ2n) is 7.91. The van der Waals surface area contributed by atoms with Gasteiger partial charge in [-0.2, -0.15) is 0 Å². The SMILES string of the molecule is CC(C)(C)c1ccccc1NC(=O)c1cnc(N2CCCCCC2)cn1. The molecule has 0 spiro atoms. The molecule has 1 aliphatic heterocycles. The molecule has 1 aromatic carbocycles. The summed E-state index contributed by atoms with van der Waals surface area (Å²) in [5.74, 6) is 0.634. The van der Waals surface area contributed by atoms with Gasteiger partial charge in [0, 0.05) is 18.8 Å². The lowest BCUT2D eigenvalue weighted by atomic mass is 9.86. The Morgan fingerprint density at radius 2 is 1.69 bits per heavy atom. The normalized spacial score (nSPS) is 15.4. The molecule has 0 saturated carbocycles. The van der Waals surface area contributed by atoms with Crippen LogP contribution < -0.4 is 10.2 Å². The molecule has 0 aliphatic carbocycles. The van der Waals surface area contributed by atoms with Gasteiger partial charge in [-0.3, -0.25) is 4.79 Å². The van der Waals surface area contributed by atoms with E-state index in [0.29, 0.717) is 5.69 Å². The molecule has 1 saturated heterocycles. The summed E-state index contributed by atoms with van der Waals surface area (Å²) < 4.78 is 0. The van der Waals surface area contributed by atoms with Crippen LogP contribution in [-0.2, 0) is 5.41 Å². The molecule has 1 aliphatic rings. The first-order valence-corrected chi connectivity index (χ1v) is 9.43. The number of hydrogen-bond acceptors (Lipinski definition) is 4. The third-order valence-corrected chi connectivity index (χ3v) is 4.78. The summed E-state index contributed by atoms with van der Waals surface area (Å²) in [6.45, 7) is 8.42. The smallest absolute Gasteiger partial charge is 0.275 e. The van der Waals surface area contributed by atoms with E-state index in [1.807, 2.05) is 24.3 Å². The molecule has 0 bridgehead atoms. The Labute approximate surface area is 155 Å². The Balaban J connectivity index is 1.73. The largest absolute Gasteiger partial charge is 0.355 e. The minimum atomic E-state index is -0.225. The lowest BCUT2D eigenvalue weighted by Gasteiger charge is -2.23. The fourth-order valence-corrected chi connectivity index (χ4v) is 3.33. The van der Waals surface area contributed by atoms with Gasteiger partial charge in [-0.15, -0.1) is 0 Å². The third-order valence-electron chi connectivity index (χ3n) is 4.78. The Bertz CT molecular complexity index is 741. The number of rotatable bonds is 3. The molecule has 1 aromatic heterocycles. The molecule has 1 N–H and O–H groups in total. The molecule has 1 amide bonds. The summed E-state index contributed by atoms with van der Waals surface area (Å²) in [5.41, 5.74) is 2.21. The van der Waals surface area contributed by atoms with Gasteiger partial charge in [0.25, 0.3) is 5.91 Å². The molecule has 3 rings (SSSR count). The Morgan fingerprint density at radius 3 is 2.31 bits per heavy atom. The Kier molecular flexibility index (Phi) is 5.55. The maximum Gasteiger partial charge on any atom is 0.275 e. The first-order valence-electron chi connectivity index (χ1n) is 9.43. The number of carbonyl (C=O) groups excluding carboxylic acids is 1. The van der Waals surface area contributed by atoms with Crippen LogP contribution in [0.25, 0.3) is 0 Å². The molecule has 5 nitrogen and oxygen atoms in total. The van der Waals surface area contributed by atoms with Crippen LogP contribution in [0.15, 0.2) is 36.7 Å². The Hall–Kier alpha value is -2.43. The highest BCUT2D eigenvalue weighted by molar-refractivity contribution is 6.03. The summed E-state index contributed by atoms with van der Waals surface area (Å²) in [7, 11) is 0. The highest BCUT2D eigenvalue weighted by Crippen LogP contribution is 2.29. The first-order chi connectivity index (χ1) is 12.4. The second-order valence-corrected chi connectivity index (χ2v) is 7.91. The summed E-state index contributed by atoms with van der Waals surface area (Å²) in [5, 5.41) is 2.99. The second kappa shape index (κ2) is 7.85. The fourth-order valence-electron chi connectivity index (χ4n) is 3.33. The summed E-state index contributed by atoms with van der Waals surface area (Å²) >= 11 is 0. The van der Waals surface area contributed by atoms with Gasteiger partial charge in [0.1, 0.15) is 11.5 Å². The summed E-state index contributed by atoms with van der Waals surface area (Å²) in [6.07, 6.45) is 8.22. The van der Waals surface area contributed by atoms with E-state index in [4.69, 9.17) is 0 Å². The number of anilines is 2. The van der Waals surface area contributed by atoms with E-state index in [0.717, 1.165) is 30.2 Å². The lowest BCUT2D eigenvalue weighted by molar-refractivity contribution is 0.102. The number of carbonyl (C=O) groups is 1. The quantitative estimate of drug-likeness (QED) is 0.889. The molecule has 0 atom stereocenters. The molecular formula is C21H28N4O. The zero-order valence-corrected chi connectivity index (χ0v) is 16.0. The van der Waals surface area contributed by atoms with Crippen LogP contribution >= 0.6 is 0 Å². The van der Waals surface area contributed by atoms with Gasteiger partial charge in [-0.1, -0.05) is 51.8 Å². The van der Waals surface area contributed by atoms with Crippen LogP contribution in [0.5, 0.6) is 0 Å². The van der Waals surface area contributed by atoms with E-state index >= 15 is 0 Å². The average molecular weight is 352 g/mol. The van der Waals surface area contributed by atoms with E-state index in [2.05, 4.69) is 41.0 Å². The first kappa shape index (κ1) is 18.4. The molecule has 138 valence electrons. The predicted molar refractivity (Wildman–Crippen MR) is 106 cm³/mol. The van der Waals surface area contributed by atoms with Crippen LogP contribution in [0, 0.1) is 0 Å². The number of hydrogen-bond donors (Lipinski definition) is 1. The number of para-hydroxylation sites is 1. The van der Waals surface area contributed by atoms with Crippen molar-refractivity contribution in [3.63, 3.8) is 0 Å². The van der Waals surface area contributed by atoms with E-state index < -0.39 is 0 Å². The van der Waals surface area contributed by atoms with Crippen molar-refractivity contribution in [3.05, 3.63) is 47.9 Å². The van der Waals surface area contributed by atoms with Gasteiger partial charge in [-0.05, 0) is 29.9 Å². The number of benzene rings is 1. The highest BCUT2D eigenvalue weighted by Gasteiger charge is 2.20. The average Bonchev–Trinajstić information content (AvgIpc) is 2.91. The predicted octanol–water partition coefficient (Wildman–Crippen LogP) is 4.41. The molecule has 1 fully saturated rings. The summed E-state index contributed by atoms with van der Waals surface area (Å²) in [4.78, 5) is 23.7. The van der Waals surface area contributed by atoms with Gasteiger partial charge >= 0.3 is 0 Å². The zero-order chi connectivity index (χ0) is 18.6. The lowest BCUT2D eigenvalue weighted by Crippen LogP contribution is -2.25. The van der Waals surface area contributed by atoms with Gasteiger partial charge < -0.3 is 10.2 Å². The molecular weight excluding hydrogens is 324 g/mol. The molecule has 26 heavy (non-hydrogen) atoms. The van der Waals surface area contributed by atoms with Gasteiger partial charge in [-0.25, -0.2) is 9.97 Å². The van der Waals surface area contributed by atoms with E-state index in [1.54, 1.807) is 12.4 Å². The van der Waals surface area contributed by atoms with Crippen LogP contribution in [0.4, 0.5) is 11.5 Å². The highest BCUT2D eigenvalue weighted by atomic mass is 16.1. The van der Waals surface area contributed by atoms with Crippen LogP contribution in [-0.4, -0.2) is 29.0 Å². The van der Waals surface area contributed by atoms with Crippen LogP contribution in [0.3, 0.4) is 0 Å².